The summed E-state index contributed by atoms with van der Waals surface area (Å²) in [5.41, 5.74) is -0.238. The van der Waals surface area contributed by atoms with Crippen LogP contribution in [0.5, 0.6) is 0 Å². The molecule has 0 bridgehead atoms. The standard InChI is InChI=1S/C59H94N10O17S/c1-13-39(6)54(67(10)51(76)36-62-58(79)53(38(4)5)66(8)9)44(82-11)33-50(75)68-25-14-15-43(68)55(83-12)40(7)56(77)60-35-47(72)65-87(80,81)42-18-16-41(17-19-42)59(23-24-59)64-46(71)34-61-57(78)52(37(2)3)63-45(70)22-27-84-29-31-86-32-30-85-28-26-69-48(73)20-21-49(69)74/h16-21,37-40,43-44,52-55H,13-15,22-36H2,1-12H3,(H,60,77)(H,61,78)(H,62,79)(H,63,70)(H,64,71)(H,65,72). The van der Waals surface area contributed by atoms with Crippen LogP contribution < -0.4 is 31.3 Å². The van der Waals surface area contributed by atoms with Gasteiger partial charge in [0.2, 0.25) is 41.4 Å². The lowest BCUT2D eigenvalue weighted by molar-refractivity contribution is -0.146. The van der Waals surface area contributed by atoms with E-state index < -0.39 is 100 Å². The Balaban J connectivity index is 1.20. The van der Waals surface area contributed by atoms with Crippen LogP contribution in [0.4, 0.5) is 0 Å². The van der Waals surface area contributed by atoms with Crippen LogP contribution in [0.1, 0.15) is 99.0 Å². The Kier molecular flexibility index (Phi) is 29.3. The van der Waals surface area contributed by atoms with Crippen LogP contribution >= 0.6 is 0 Å². The maximum atomic E-state index is 14.2. The fourth-order valence-electron chi connectivity index (χ4n) is 10.9. The molecule has 0 spiro atoms. The minimum absolute atomic E-state index is 0.00925. The molecular weight excluding hydrogens is 1150 g/mol. The second kappa shape index (κ2) is 34.9. The van der Waals surface area contributed by atoms with E-state index in [-0.39, 0.29) is 118 Å². The summed E-state index contributed by atoms with van der Waals surface area (Å²) in [5.74, 6) is -6.09. The number of nitrogens with one attached hydrogen (secondary N) is 6. The summed E-state index contributed by atoms with van der Waals surface area (Å²) in [4.78, 5) is 135. The van der Waals surface area contributed by atoms with Crippen molar-refractivity contribution in [3.63, 3.8) is 0 Å². The number of benzene rings is 1. The second-order valence-electron chi connectivity index (χ2n) is 23.2. The molecule has 10 amide bonds. The zero-order valence-corrected chi connectivity index (χ0v) is 53.4. The molecule has 488 valence electrons. The molecule has 0 aromatic heterocycles. The zero-order chi connectivity index (χ0) is 64.8. The lowest BCUT2D eigenvalue weighted by Gasteiger charge is -2.39. The molecule has 1 saturated heterocycles. The summed E-state index contributed by atoms with van der Waals surface area (Å²) in [6.07, 6.45) is 3.61. The Morgan fingerprint density at radius 2 is 1.29 bits per heavy atom. The third kappa shape index (κ3) is 21.7. The fraction of sp³-hybridized carbons (Fsp3) is 0.695. The SMILES string of the molecule is CCC(C)C(C(CC(=O)N1CCCC1C(OC)C(C)C(=O)NCC(=O)NS(=O)(=O)c1ccc(C2(NC(=O)CNC(=O)C(NC(=O)CCOCCOCCOCCN3C(=O)C=CC3=O)C(C)C)CC2)cc1)OC)N(C)C(=O)CNC(=O)C(C(C)C)N(C)C. The van der Waals surface area contributed by atoms with Gasteiger partial charge in [0.25, 0.3) is 27.7 Å². The number of imide groups is 1. The highest BCUT2D eigenvalue weighted by molar-refractivity contribution is 7.90. The zero-order valence-electron chi connectivity index (χ0n) is 52.6. The summed E-state index contributed by atoms with van der Waals surface area (Å²) in [6, 6.07) is 3.15. The third-order valence-electron chi connectivity index (χ3n) is 16.0. The lowest BCUT2D eigenvalue weighted by atomic mass is 9.90. The predicted octanol–water partition coefficient (Wildman–Crippen LogP) is -0.0424. The van der Waals surface area contributed by atoms with Crippen LogP contribution in [-0.2, 0) is 87.2 Å². The highest BCUT2D eigenvalue weighted by atomic mass is 32.2. The first-order valence-electron chi connectivity index (χ1n) is 29.8. The van der Waals surface area contributed by atoms with E-state index in [0.717, 1.165) is 4.90 Å². The monoisotopic (exact) mass is 1250 g/mol. The molecule has 4 rings (SSSR count). The van der Waals surface area contributed by atoms with Crippen molar-refractivity contribution in [1.82, 2.24) is 50.9 Å². The molecule has 6 N–H and O–H groups in total. The number of nitrogens with zero attached hydrogens (tertiary/aromatic N) is 4. The van der Waals surface area contributed by atoms with Gasteiger partial charge in [0.05, 0.1) is 119 Å². The molecule has 3 aliphatic rings. The van der Waals surface area contributed by atoms with Crippen molar-refractivity contribution in [3.8, 4) is 0 Å². The molecule has 87 heavy (non-hydrogen) atoms. The van der Waals surface area contributed by atoms with Gasteiger partial charge in [0, 0.05) is 46.4 Å². The second-order valence-corrected chi connectivity index (χ2v) is 24.9. The quantitative estimate of drug-likeness (QED) is 0.0372. The van der Waals surface area contributed by atoms with Crippen molar-refractivity contribution in [2.45, 2.75) is 140 Å². The first-order chi connectivity index (χ1) is 41.1. The topological polar surface area (TPSA) is 336 Å². The van der Waals surface area contributed by atoms with Crippen molar-refractivity contribution >= 4 is 69.1 Å². The van der Waals surface area contributed by atoms with E-state index >= 15 is 0 Å². The van der Waals surface area contributed by atoms with Gasteiger partial charge in [0.15, 0.2) is 0 Å². The normalized spacial score (nSPS) is 17.9. The van der Waals surface area contributed by atoms with E-state index in [1.807, 2.05) is 32.4 Å². The number of hydrogen-bond donors (Lipinski definition) is 6. The van der Waals surface area contributed by atoms with Gasteiger partial charge in [-0.3, -0.25) is 57.7 Å². The third-order valence-corrected chi connectivity index (χ3v) is 17.3. The molecular formula is C59H94N10O17S. The van der Waals surface area contributed by atoms with Crippen LogP contribution in [0, 0.1) is 23.7 Å². The summed E-state index contributed by atoms with van der Waals surface area (Å²) < 4.78 is 56.8. The van der Waals surface area contributed by atoms with E-state index in [1.165, 1.54) is 55.5 Å². The maximum absolute atomic E-state index is 14.2. The number of likely N-dealkylation sites (N-methyl/N-ethyl adjacent to an activating group) is 2. The van der Waals surface area contributed by atoms with Crippen molar-refractivity contribution in [1.29, 1.82) is 0 Å². The Morgan fingerprint density at radius 3 is 1.84 bits per heavy atom. The molecule has 1 aliphatic carbocycles. The number of ether oxygens (including phenoxy) is 5. The molecule has 28 heteroatoms. The molecule has 8 atom stereocenters. The average molecular weight is 1250 g/mol. The Morgan fingerprint density at radius 1 is 0.713 bits per heavy atom. The molecule has 0 radical (unpaired) electrons. The molecule has 2 aliphatic heterocycles. The number of sulfonamides is 1. The van der Waals surface area contributed by atoms with E-state index in [0.29, 0.717) is 44.2 Å². The number of carbonyl (C=O) groups is 10. The van der Waals surface area contributed by atoms with Gasteiger partial charge < -0.3 is 60.1 Å². The number of amides is 10. The number of likely N-dealkylation sites (tertiary alicyclic amines) is 1. The largest absolute Gasteiger partial charge is 0.379 e. The first-order valence-corrected chi connectivity index (χ1v) is 31.2. The summed E-state index contributed by atoms with van der Waals surface area (Å²) in [5, 5.41) is 13.4. The molecule has 2 fully saturated rings. The van der Waals surface area contributed by atoms with Crippen molar-refractivity contribution in [2.75, 3.05) is 108 Å². The van der Waals surface area contributed by atoms with Gasteiger partial charge in [-0.25, -0.2) is 13.1 Å². The van der Waals surface area contributed by atoms with Crippen LogP contribution in [-0.4, -0.2) is 231 Å². The van der Waals surface area contributed by atoms with Gasteiger partial charge in [-0.2, -0.15) is 0 Å². The Hall–Kier alpha value is -6.43. The number of rotatable bonds is 39. The highest BCUT2D eigenvalue weighted by Gasteiger charge is 2.46. The van der Waals surface area contributed by atoms with Crippen molar-refractivity contribution < 1.29 is 80.0 Å². The molecule has 2 heterocycles. The van der Waals surface area contributed by atoms with Gasteiger partial charge >= 0.3 is 0 Å². The van der Waals surface area contributed by atoms with Gasteiger partial charge in [-0.15, -0.1) is 0 Å². The minimum atomic E-state index is -4.42. The van der Waals surface area contributed by atoms with Crippen molar-refractivity contribution in [3.05, 3.63) is 42.0 Å². The lowest BCUT2D eigenvalue weighted by Crippen LogP contribution is -2.55. The van der Waals surface area contributed by atoms with E-state index in [9.17, 15) is 56.4 Å². The fourth-order valence-corrected chi connectivity index (χ4v) is 11.9. The summed E-state index contributed by atoms with van der Waals surface area (Å²) in [6.45, 7) is 13.2. The first kappa shape index (κ1) is 73.0. The van der Waals surface area contributed by atoms with E-state index in [4.69, 9.17) is 23.7 Å². The predicted molar refractivity (Wildman–Crippen MR) is 318 cm³/mol. The smallest absolute Gasteiger partial charge is 0.264 e. The highest BCUT2D eigenvalue weighted by Crippen LogP contribution is 2.45. The Bertz CT molecular complexity index is 2640. The number of methoxy groups -OCH3 is 2. The maximum Gasteiger partial charge on any atom is 0.264 e. The van der Waals surface area contributed by atoms with Crippen LogP contribution in [0.25, 0.3) is 0 Å². The molecule has 1 aromatic carbocycles. The minimum Gasteiger partial charge on any atom is -0.379 e. The molecule has 1 saturated carbocycles. The molecule has 1 aromatic rings. The van der Waals surface area contributed by atoms with Gasteiger partial charge in [-0.05, 0) is 75.2 Å². The van der Waals surface area contributed by atoms with E-state index in [1.54, 1.807) is 51.7 Å². The summed E-state index contributed by atoms with van der Waals surface area (Å²) in [7, 11) is 3.72. The molecule has 8 unspecified atom stereocenters. The summed E-state index contributed by atoms with van der Waals surface area (Å²) >= 11 is 0. The van der Waals surface area contributed by atoms with Crippen LogP contribution in [0.15, 0.2) is 41.3 Å². The van der Waals surface area contributed by atoms with Gasteiger partial charge in [-0.1, -0.05) is 67.0 Å². The van der Waals surface area contributed by atoms with Crippen LogP contribution in [0.2, 0.25) is 0 Å². The average Bonchev–Trinajstić information content (AvgIpc) is 2.63. The van der Waals surface area contributed by atoms with Crippen molar-refractivity contribution in [2.24, 2.45) is 23.7 Å². The van der Waals surface area contributed by atoms with Gasteiger partial charge in [0.1, 0.15) is 6.04 Å². The van der Waals surface area contributed by atoms with E-state index in [2.05, 4.69) is 26.6 Å². The Labute approximate surface area is 511 Å². The molecule has 27 nitrogen and oxygen atoms in total. The van der Waals surface area contributed by atoms with Crippen LogP contribution in [0.3, 0.4) is 0 Å². The number of hydrogen-bond acceptors (Lipinski definition) is 18. The number of carbonyl (C=O) groups excluding carboxylic acids is 10.